The van der Waals surface area contributed by atoms with Gasteiger partial charge in [-0.15, -0.1) is 0 Å². The van der Waals surface area contributed by atoms with Crippen molar-refractivity contribution in [2.45, 2.75) is 26.8 Å². The smallest absolute Gasteiger partial charge is 0.236 e. The van der Waals surface area contributed by atoms with Gasteiger partial charge in [-0.3, -0.25) is 9.69 Å². The Morgan fingerprint density at radius 3 is 2.84 bits per heavy atom. The lowest BCUT2D eigenvalue weighted by atomic mass is 10.2. The van der Waals surface area contributed by atoms with Gasteiger partial charge in [0.25, 0.3) is 0 Å². The molecule has 0 bridgehead atoms. The van der Waals surface area contributed by atoms with Crippen LogP contribution in [0.3, 0.4) is 0 Å². The number of nitrogens with one attached hydrogen (secondary N) is 1. The number of carbonyl (C=O) groups excluding carboxylic acids is 1. The SMILES string of the molecule is CCCN1CCN(Cc2cc(C#N)c(C)[nH]2)CC1=O. The molecule has 0 aromatic carbocycles. The number of hydrogen-bond acceptors (Lipinski definition) is 3. The summed E-state index contributed by atoms with van der Waals surface area (Å²) in [5, 5.41) is 8.93. The average molecular weight is 260 g/mol. The van der Waals surface area contributed by atoms with Crippen LogP contribution in [0.25, 0.3) is 0 Å². The highest BCUT2D eigenvalue weighted by molar-refractivity contribution is 5.79. The topological polar surface area (TPSA) is 63.1 Å². The minimum atomic E-state index is 0.205. The molecular formula is C14H20N4O. The van der Waals surface area contributed by atoms with Crippen LogP contribution >= 0.6 is 0 Å². The zero-order valence-corrected chi connectivity index (χ0v) is 11.6. The van der Waals surface area contributed by atoms with Crippen molar-refractivity contribution in [3.63, 3.8) is 0 Å². The number of hydrogen-bond donors (Lipinski definition) is 1. The summed E-state index contributed by atoms with van der Waals surface area (Å²) in [7, 11) is 0. The van der Waals surface area contributed by atoms with Crippen molar-refractivity contribution in [2.75, 3.05) is 26.2 Å². The molecule has 5 heteroatoms. The number of nitrogens with zero attached hydrogens (tertiary/aromatic N) is 3. The summed E-state index contributed by atoms with van der Waals surface area (Å²) in [6.07, 6.45) is 1.01. The van der Waals surface area contributed by atoms with E-state index in [1.54, 1.807) is 0 Å². The number of piperazine rings is 1. The van der Waals surface area contributed by atoms with Gasteiger partial charge in [-0.05, 0) is 19.4 Å². The molecule has 0 aliphatic carbocycles. The predicted octanol–water partition coefficient (Wildman–Crippen LogP) is 1.25. The van der Waals surface area contributed by atoms with E-state index in [4.69, 9.17) is 5.26 Å². The van der Waals surface area contributed by atoms with Crippen LogP contribution in [-0.4, -0.2) is 46.9 Å². The molecule has 0 atom stereocenters. The van der Waals surface area contributed by atoms with Crippen LogP contribution < -0.4 is 0 Å². The van der Waals surface area contributed by atoms with E-state index >= 15 is 0 Å². The van der Waals surface area contributed by atoms with Crippen molar-refractivity contribution in [2.24, 2.45) is 0 Å². The molecule has 0 unspecified atom stereocenters. The summed E-state index contributed by atoms with van der Waals surface area (Å²) in [6.45, 7) is 7.71. The molecule has 1 aliphatic rings. The van der Waals surface area contributed by atoms with E-state index in [0.29, 0.717) is 18.7 Å². The van der Waals surface area contributed by atoms with Gasteiger partial charge in [-0.2, -0.15) is 5.26 Å². The molecule has 102 valence electrons. The molecule has 0 radical (unpaired) electrons. The average Bonchev–Trinajstić information content (AvgIpc) is 2.73. The van der Waals surface area contributed by atoms with Gasteiger partial charge in [-0.1, -0.05) is 6.92 Å². The highest BCUT2D eigenvalue weighted by Gasteiger charge is 2.23. The van der Waals surface area contributed by atoms with Crippen LogP contribution in [0, 0.1) is 18.3 Å². The predicted molar refractivity (Wildman–Crippen MR) is 72.4 cm³/mol. The van der Waals surface area contributed by atoms with Crippen LogP contribution in [0.5, 0.6) is 0 Å². The second kappa shape index (κ2) is 5.89. The molecule has 1 saturated heterocycles. The number of nitriles is 1. The van der Waals surface area contributed by atoms with E-state index in [0.717, 1.165) is 37.4 Å². The molecule has 0 spiro atoms. The molecule has 2 rings (SSSR count). The number of aromatic nitrogens is 1. The van der Waals surface area contributed by atoms with E-state index in [2.05, 4.69) is 22.9 Å². The zero-order chi connectivity index (χ0) is 13.8. The largest absolute Gasteiger partial charge is 0.360 e. The number of aryl methyl sites for hydroxylation is 1. The first-order valence-corrected chi connectivity index (χ1v) is 6.72. The summed E-state index contributed by atoms with van der Waals surface area (Å²) in [5.74, 6) is 0.205. The Kier molecular flexibility index (Phi) is 4.23. The Morgan fingerprint density at radius 1 is 1.47 bits per heavy atom. The lowest BCUT2D eigenvalue weighted by molar-refractivity contribution is -0.136. The third-order valence-corrected chi connectivity index (χ3v) is 3.48. The van der Waals surface area contributed by atoms with Crippen LogP contribution in [0.2, 0.25) is 0 Å². The Balaban J connectivity index is 1.94. The molecule has 1 aromatic heterocycles. The lowest BCUT2D eigenvalue weighted by Crippen LogP contribution is -2.50. The van der Waals surface area contributed by atoms with Crippen molar-refractivity contribution in [3.05, 3.63) is 23.0 Å². The zero-order valence-electron chi connectivity index (χ0n) is 11.6. The fourth-order valence-electron chi connectivity index (χ4n) is 2.47. The summed E-state index contributed by atoms with van der Waals surface area (Å²) in [5.41, 5.74) is 2.59. The molecule has 2 heterocycles. The van der Waals surface area contributed by atoms with Gasteiger partial charge in [0, 0.05) is 37.6 Å². The van der Waals surface area contributed by atoms with Crippen LogP contribution in [0.1, 0.15) is 30.3 Å². The molecule has 1 N–H and O–H groups in total. The molecule has 1 aliphatic heterocycles. The van der Waals surface area contributed by atoms with Gasteiger partial charge in [0.2, 0.25) is 5.91 Å². The minimum Gasteiger partial charge on any atom is -0.360 e. The van der Waals surface area contributed by atoms with Crippen LogP contribution in [0.4, 0.5) is 0 Å². The number of rotatable bonds is 4. The lowest BCUT2D eigenvalue weighted by Gasteiger charge is -2.33. The van der Waals surface area contributed by atoms with E-state index in [-0.39, 0.29) is 5.91 Å². The molecular weight excluding hydrogens is 240 g/mol. The number of carbonyl (C=O) groups is 1. The molecule has 5 nitrogen and oxygen atoms in total. The first-order valence-electron chi connectivity index (χ1n) is 6.72. The maximum atomic E-state index is 11.9. The maximum Gasteiger partial charge on any atom is 0.236 e. The summed E-state index contributed by atoms with van der Waals surface area (Å²) in [6, 6.07) is 4.03. The van der Waals surface area contributed by atoms with Gasteiger partial charge < -0.3 is 9.88 Å². The monoisotopic (exact) mass is 260 g/mol. The third kappa shape index (κ3) is 3.15. The van der Waals surface area contributed by atoms with Gasteiger partial charge in [-0.25, -0.2) is 0 Å². The summed E-state index contributed by atoms with van der Waals surface area (Å²) < 4.78 is 0. The highest BCUT2D eigenvalue weighted by atomic mass is 16.2. The highest BCUT2D eigenvalue weighted by Crippen LogP contribution is 2.13. The fraction of sp³-hybridized carbons (Fsp3) is 0.571. The van der Waals surface area contributed by atoms with Gasteiger partial charge >= 0.3 is 0 Å². The Bertz CT molecular complexity index is 500. The Labute approximate surface area is 113 Å². The first-order chi connectivity index (χ1) is 9.13. The first kappa shape index (κ1) is 13.6. The second-order valence-corrected chi connectivity index (χ2v) is 5.04. The molecule has 1 amide bonds. The van der Waals surface area contributed by atoms with Crippen LogP contribution in [-0.2, 0) is 11.3 Å². The second-order valence-electron chi connectivity index (χ2n) is 5.04. The summed E-state index contributed by atoms with van der Waals surface area (Å²) in [4.78, 5) is 19.2. The van der Waals surface area contributed by atoms with Crippen molar-refractivity contribution < 1.29 is 4.79 Å². The van der Waals surface area contributed by atoms with Crippen molar-refractivity contribution in [1.29, 1.82) is 5.26 Å². The minimum absolute atomic E-state index is 0.205. The normalized spacial score (nSPS) is 16.7. The number of aromatic amines is 1. The van der Waals surface area contributed by atoms with Gasteiger partial charge in [0.15, 0.2) is 0 Å². The standard InChI is InChI=1S/C14H20N4O/c1-3-4-18-6-5-17(10-14(18)19)9-13-7-12(8-15)11(2)16-13/h7,16H,3-6,9-10H2,1-2H3. The third-order valence-electron chi connectivity index (χ3n) is 3.48. The van der Waals surface area contributed by atoms with E-state index in [9.17, 15) is 4.79 Å². The van der Waals surface area contributed by atoms with E-state index in [1.165, 1.54) is 0 Å². The van der Waals surface area contributed by atoms with Crippen molar-refractivity contribution in [3.8, 4) is 6.07 Å². The quantitative estimate of drug-likeness (QED) is 0.886. The molecule has 0 saturated carbocycles. The van der Waals surface area contributed by atoms with Crippen molar-refractivity contribution in [1.82, 2.24) is 14.8 Å². The van der Waals surface area contributed by atoms with Gasteiger partial charge in [0.1, 0.15) is 6.07 Å². The molecule has 19 heavy (non-hydrogen) atoms. The van der Waals surface area contributed by atoms with Gasteiger partial charge in [0.05, 0.1) is 12.1 Å². The maximum absolute atomic E-state index is 11.9. The Hall–Kier alpha value is -1.80. The number of amides is 1. The molecule has 1 fully saturated rings. The van der Waals surface area contributed by atoms with Crippen LogP contribution in [0.15, 0.2) is 6.07 Å². The fourth-order valence-corrected chi connectivity index (χ4v) is 2.47. The Morgan fingerprint density at radius 2 is 2.26 bits per heavy atom. The number of H-pyrrole nitrogens is 1. The van der Waals surface area contributed by atoms with E-state index < -0.39 is 0 Å². The van der Waals surface area contributed by atoms with E-state index in [1.807, 2.05) is 17.9 Å². The van der Waals surface area contributed by atoms with Crippen molar-refractivity contribution >= 4 is 5.91 Å². The molecule has 1 aromatic rings. The summed E-state index contributed by atoms with van der Waals surface area (Å²) >= 11 is 0.